The van der Waals surface area contributed by atoms with E-state index in [4.69, 9.17) is 4.74 Å². The van der Waals surface area contributed by atoms with E-state index in [9.17, 15) is 19.2 Å². The van der Waals surface area contributed by atoms with Crippen molar-refractivity contribution in [3.63, 3.8) is 0 Å². The maximum absolute atomic E-state index is 13.2. The number of carbonyl (C=O) groups is 4. The lowest BCUT2D eigenvalue weighted by Gasteiger charge is -2.35. The molecule has 3 saturated heterocycles. The summed E-state index contributed by atoms with van der Waals surface area (Å²) in [6.07, 6.45) is 3.46. The Labute approximate surface area is 230 Å². The zero-order valence-corrected chi connectivity index (χ0v) is 22.5. The minimum atomic E-state index is -0.374. The van der Waals surface area contributed by atoms with Crippen LogP contribution in [0.2, 0.25) is 0 Å². The van der Waals surface area contributed by atoms with E-state index in [0.29, 0.717) is 32.8 Å². The van der Waals surface area contributed by atoms with Gasteiger partial charge in [-0.1, -0.05) is 30.3 Å². The third kappa shape index (κ3) is 5.39. The van der Waals surface area contributed by atoms with Gasteiger partial charge in [-0.25, -0.2) is 4.98 Å². The molecule has 6 rings (SSSR count). The smallest absolute Gasteiger partial charge is 0.282 e. The van der Waals surface area contributed by atoms with Gasteiger partial charge < -0.3 is 19.9 Å². The number of hydrogen-bond donors (Lipinski definition) is 1. The van der Waals surface area contributed by atoms with Crippen molar-refractivity contribution >= 4 is 34.7 Å². The number of aromatic nitrogens is 1. The van der Waals surface area contributed by atoms with Crippen molar-refractivity contribution in [2.75, 3.05) is 45.9 Å². The number of Topliss-reactive ketones (excluding diaryl/α,β-unsaturated/α-hetero) is 1. The van der Waals surface area contributed by atoms with Gasteiger partial charge in [0.05, 0.1) is 5.70 Å². The van der Waals surface area contributed by atoms with E-state index in [1.54, 1.807) is 9.80 Å². The average Bonchev–Trinajstić information content (AvgIpc) is 3.73. The highest BCUT2D eigenvalue weighted by atomic mass is 32.1. The van der Waals surface area contributed by atoms with E-state index in [1.165, 1.54) is 11.6 Å². The number of ketones is 2. The molecule has 3 fully saturated rings. The number of carbonyl (C=O) groups excluding carboxylic acids is 4. The molecule has 10 nitrogen and oxygen atoms in total. The summed E-state index contributed by atoms with van der Waals surface area (Å²) in [4.78, 5) is 62.2. The number of benzene rings is 1. The highest BCUT2D eigenvalue weighted by Crippen LogP contribution is 2.28. The van der Waals surface area contributed by atoms with Gasteiger partial charge in [-0.2, -0.15) is 0 Å². The molecule has 11 heteroatoms. The molecule has 1 aromatic carbocycles. The quantitative estimate of drug-likeness (QED) is 0.580. The molecule has 1 aliphatic carbocycles. The van der Waals surface area contributed by atoms with Crippen LogP contribution < -0.4 is 5.32 Å². The van der Waals surface area contributed by atoms with E-state index < -0.39 is 0 Å². The Morgan fingerprint density at radius 3 is 2.54 bits per heavy atom. The predicted molar refractivity (Wildman–Crippen MR) is 144 cm³/mol. The van der Waals surface area contributed by atoms with Crippen molar-refractivity contribution in [3.8, 4) is 0 Å². The summed E-state index contributed by atoms with van der Waals surface area (Å²) in [5.41, 5.74) is 1.52. The molecule has 0 radical (unpaired) electrons. The van der Waals surface area contributed by atoms with E-state index in [1.807, 2.05) is 18.2 Å². The number of likely N-dealkylation sites (tertiary alicyclic amines) is 1. The molecule has 2 atom stereocenters. The predicted octanol–water partition coefficient (Wildman–Crippen LogP) is 1.73. The summed E-state index contributed by atoms with van der Waals surface area (Å²) < 4.78 is 5.50. The number of nitrogens with zero attached hydrogens (tertiary/aromatic N) is 4. The summed E-state index contributed by atoms with van der Waals surface area (Å²) in [6, 6.07) is 10.3. The van der Waals surface area contributed by atoms with Crippen LogP contribution in [0.15, 0.2) is 42.1 Å². The fourth-order valence-corrected chi connectivity index (χ4v) is 6.57. The van der Waals surface area contributed by atoms with E-state index >= 15 is 0 Å². The molecule has 0 saturated carbocycles. The first-order valence-electron chi connectivity index (χ1n) is 13.5. The monoisotopic (exact) mass is 549 g/mol. The Morgan fingerprint density at radius 1 is 1.03 bits per heavy atom. The van der Waals surface area contributed by atoms with Gasteiger partial charge in [0.1, 0.15) is 16.7 Å². The van der Waals surface area contributed by atoms with Crippen molar-refractivity contribution in [2.24, 2.45) is 0 Å². The highest BCUT2D eigenvalue weighted by molar-refractivity contribution is 7.16. The van der Waals surface area contributed by atoms with Crippen LogP contribution in [0.4, 0.5) is 0 Å². The van der Waals surface area contributed by atoms with Gasteiger partial charge in [0, 0.05) is 64.5 Å². The van der Waals surface area contributed by atoms with Gasteiger partial charge >= 0.3 is 0 Å². The Bertz CT molecular complexity index is 1310. The molecule has 2 amide bonds. The topological polar surface area (TPSA) is 112 Å². The normalized spacial score (nSPS) is 23.6. The minimum absolute atomic E-state index is 0.0166. The Balaban J connectivity index is 1.06. The van der Waals surface area contributed by atoms with Crippen molar-refractivity contribution in [2.45, 2.75) is 38.0 Å². The fraction of sp³-hybridized carbons (Fsp3) is 0.464. The van der Waals surface area contributed by atoms with Crippen LogP contribution in [-0.4, -0.2) is 101 Å². The first-order chi connectivity index (χ1) is 19.0. The van der Waals surface area contributed by atoms with Crippen LogP contribution in [0, 0.1) is 0 Å². The highest BCUT2D eigenvalue weighted by Gasteiger charge is 2.36. The molecule has 1 N–H and O–H groups in total. The summed E-state index contributed by atoms with van der Waals surface area (Å²) in [6.45, 7) is 4.70. The fourth-order valence-electron chi connectivity index (χ4n) is 5.63. The maximum Gasteiger partial charge on any atom is 0.282 e. The molecule has 204 valence electrons. The molecular formula is C28H31N5O5S. The molecule has 3 aliphatic heterocycles. The summed E-state index contributed by atoms with van der Waals surface area (Å²) >= 11 is 0.969. The largest absolute Gasteiger partial charge is 0.378 e. The van der Waals surface area contributed by atoms with Gasteiger partial charge in [-0.05, 0) is 24.8 Å². The number of thiazole rings is 1. The second-order valence-corrected chi connectivity index (χ2v) is 11.4. The first kappa shape index (κ1) is 25.8. The van der Waals surface area contributed by atoms with Gasteiger partial charge in [0.2, 0.25) is 5.78 Å². The number of allylic oxidation sites excluding steroid dienone is 2. The second-order valence-electron chi connectivity index (χ2n) is 10.4. The van der Waals surface area contributed by atoms with Gasteiger partial charge in [-0.15, -0.1) is 11.3 Å². The lowest BCUT2D eigenvalue weighted by molar-refractivity contribution is -0.142. The Morgan fingerprint density at radius 2 is 1.79 bits per heavy atom. The van der Waals surface area contributed by atoms with Crippen molar-refractivity contribution < 1.29 is 23.9 Å². The van der Waals surface area contributed by atoms with Crippen LogP contribution in [0.3, 0.4) is 0 Å². The summed E-state index contributed by atoms with van der Waals surface area (Å²) in [7, 11) is 0. The van der Waals surface area contributed by atoms with Gasteiger partial charge in [0.15, 0.2) is 10.8 Å². The van der Waals surface area contributed by atoms with Crippen molar-refractivity contribution in [1.29, 1.82) is 0 Å². The van der Waals surface area contributed by atoms with Crippen LogP contribution in [-0.2, 0) is 16.1 Å². The van der Waals surface area contributed by atoms with E-state index in [2.05, 4.69) is 27.3 Å². The SMILES string of the molecule is O=C1C(NC2CCN(Cc3ccccc3)C2)=CC(=O)c2sc(C(=O)N3CCN(C(=O)C4CCCO4)CC3)nc21. The number of fused-ring (bicyclic) bond motifs is 1. The maximum atomic E-state index is 13.2. The van der Waals surface area contributed by atoms with Crippen LogP contribution in [0.25, 0.3) is 0 Å². The van der Waals surface area contributed by atoms with Crippen LogP contribution in [0.1, 0.15) is 54.8 Å². The van der Waals surface area contributed by atoms with E-state index in [0.717, 1.165) is 50.2 Å². The minimum Gasteiger partial charge on any atom is -0.378 e. The molecule has 0 spiro atoms. The van der Waals surface area contributed by atoms with Crippen LogP contribution in [0.5, 0.6) is 0 Å². The number of rotatable bonds is 6. The standard InChI is InChI=1S/C28H31N5O5S/c34-21-15-20(29-19-8-9-31(17-19)16-18-5-2-1-3-6-18)24(35)23-25(21)39-26(30-23)28(37)33-12-10-32(11-13-33)27(36)22-7-4-14-38-22/h1-3,5-6,15,19,22,29H,4,7-14,16-17H2. The molecule has 1 aromatic heterocycles. The summed E-state index contributed by atoms with van der Waals surface area (Å²) in [5.74, 6) is -0.999. The van der Waals surface area contributed by atoms with Gasteiger partial charge in [-0.3, -0.25) is 24.1 Å². The third-order valence-electron chi connectivity index (χ3n) is 7.73. The number of piperazine rings is 1. The zero-order chi connectivity index (χ0) is 26.9. The third-order valence-corrected chi connectivity index (χ3v) is 8.79. The zero-order valence-electron chi connectivity index (χ0n) is 21.6. The lowest BCUT2D eigenvalue weighted by atomic mass is 10.0. The molecule has 39 heavy (non-hydrogen) atoms. The number of nitrogens with one attached hydrogen (secondary N) is 1. The summed E-state index contributed by atoms with van der Waals surface area (Å²) in [5, 5.41) is 3.40. The Kier molecular flexibility index (Phi) is 7.28. The van der Waals surface area contributed by atoms with Crippen molar-refractivity contribution in [3.05, 3.63) is 63.2 Å². The number of amides is 2. The molecule has 2 unspecified atom stereocenters. The molecule has 4 aliphatic rings. The van der Waals surface area contributed by atoms with Gasteiger partial charge in [0.25, 0.3) is 11.8 Å². The lowest BCUT2D eigenvalue weighted by Crippen LogP contribution is -2.52. The number of ether oxygens (including phenoxy) is 1. The average molecular weight is 550 g/mol. The second kappa shape index (κ2) is 11.0. The molecule has 2 aromatic rings. The van der Waals surface area contributed by atoms with Crippen LogP contribution >= 0.6 is 11.3 Å². The molecule has 4 heterocycles. The Hall–Kier alpha value is -3.41. The first-order valence-corrected chi connectivity index (χ1v) is 14.3. The van der Waals surface area contributed by atoms with E-state index in [-0.39, 0.29) is 56.8 Å². The molecular weight excluding hydrogens is 518 g/mol. The van der Waals surface area contributed by atoms with Crippen molar-refractivity contribution in [1.82, 2.24) is 25.0 Å². The number of hydrogen-bond acceptors (Lipinski definition) is 9. The molecule has 0 bridgehead atoms.